The molecule has 1 N–H and O–H groups in total. The number of nitrogens with zero attached hydrogens (tertiary/aromatic N) is 3. The summed E-state index contributed by atoms with van der Waals surface area (Å²) in [5.74, 6) is 0.819. The van der Waals surface area contributed by atoms with Crippen molar-refractivity contribution in [1.29, 1.82) is 0 Å². The Hall–Kier alpha value is -2.17. The van der Waals surface area contributed by atoms with Crippen molar-refractivity contribution < 1.29 is 14.1 Å². The number of thiophene rings is 1. The van der Waals surface area contributed by atoms with Crippen molar-refractivity contribution in [1.82, 2.24) is 14.7 Å². The van der Waals surface area contributed by atoms with Crippen LogP contribution >= 0.6 is 23.1 Å². The molecular weight excluding hydrogens is 364 g/mol. The minimum Gasteiger partial charge on any atom is -0.383 e. The predicted molar refractivity (Wildman–Crippen MR) is 96.3 cm³/mol. The molecule has 0 aliphatic carbocycles. The molecule has 0 aliphatic heterocycles. The molecule has 3 aromatic rings. The molecule has 25 heavy (non-hydrogen) atoms. The van der Waals surface area contributed by atoms with Crippen molar-refractivity contribution in [3.63, 3.8) is 0 Å². The van der Waals surface area contributed by atoms with E-state index in [-0.39, 0.29) is 17.2 Å². The van der Waals surface area contributed by atoms with Crippen LogP contribution in [0.2, 0.25) is 0 Å². The van der Waals surface area contributed by atoms with Crippen LogP contribution in [0, 0.1) is 6.92 Å². The zero-order valence-electron chi connectivity index (χ0n) is 13.6. The van der Waals surface area contributed by atoms with Crippen LogP contribution in [0.25, 0.3) is 10.2 Å². The van der Waals surface area contributed by atoms with Crippen LogP contribution in [0.15, 0.2) is 32.0 Å². The number of thioether (sulfide) groups is 1. The summed E-state index contributed by atoms with van der Waals surface area (Å²) in [7, 11) is 1.57. The number of hydrogen-bond acceptors (Lipinski definition) is 8. The number of carbonyl (C=O) groups excluding carboxylic acids is 1. The minimum absolute atomic E-state index is 0.0982. The zero-order chi connectivity index (χ0) is 17.8. The van der Waals surface area contributed by atoms with Gasteiger partial charge in [-0.15, -0.1) is 11.3 Å². The maximum Gasteiger partial charge on any atom is 0.272 e. The Balaban J connectivity index is 1.77. The molecule has 8 nitrogen and oxygen atoms in total. The smallest absolute Gasteiger partial charge is 0.272 e. The number of fused-ring (bicyclic) bond motifs is 1. The predicted octanol–water partition coefficient (Wildman–Crippen LogP) is 2.13. The standard InChI is InChI=1S/C15H16N4O4S2/c1-9-7-11(18-23-9)17-12(20)8-25-15-16-10-3-6-24-13(10)14(21)19(15)4-5-22-2/h3,6-7H,4-5,8H2,1-2H3,(H,17,18,20). The van der Waals surface area contributed by atoms with E-state index in [0.717, 1.165) is 0 Å². The Labute approximate surface area is 151 Å². The molecule has 0 fully saturated rings. The van der Waals surface area contributed by atoms with Crippen LogP contribution in [0.5, 0.6) is 0 Å². The Morgan fingerprint density at radius 2 is 2.36 bits per heavy atom. The molecule has 0 atom stereocenters. The highest BCUT2D eigenvalue weighted by Crippen LogP contribution is 2.21. The van der Waals surface area contributed by atoms with Crippen molar-refractivity contribution in [2.75, 3.05) is 24.8 Å². The molecule has 0 saturated carbocycles. The maximum absolute atomic E-state index is 12.6. The van der Waals surface area contributed by atoms with Gasteiger partial charge in [0.1, 0.15) is 10.5 Å². The van der Waals surface area contributed by atoms with E-state index in [1.807, 2.05) is 5.38 Å². The monoisotopic (exact) mass is 380 g/mol. The number of ether oxygens (including phenoxy) is 1. The van der Waals surface area contributed by atoms with Crippen molar-refractivity contribution in [3.8, 4) is 0 Å². The number of aromatic nitrogens is 3. The fraction of sp³-hybridized carbons (Fsp3) is 0.333. The average molecular weight is 380 g/mol. The Morgan fingerprint density at radius 1 is 1.52 bits per heavy atom. The second-order valence-electron chi connectivity index (χ2n) is 5.14. The van der Waals surface area contributed by atoms with Gasteiger partial charge >= 0.3 is 0 Å². The molecule has 0 saturated heterocycles. The molecule has 0 unspecified atom stereocenters. The number of nitrogens with one attached hydrogen (secondary N) is 1. The number of methoxy groups -OCH3 is 1. The maximum atomic E-state index is 12.6. The van der Waals surface area contributed by atoms with E-state index < -0.39 is 0 Å². The summed E-state index contributed by atoms with van der Waals surface area (Å²) in [6, 6.07) is 3.43. The molecule has 1 amide bonds. The van der Waals surface area contributed by atoms with E-state index in [0.29, 0.717) is 40.1 Å². The lowest BCUT2D eigenvalue weighted by Crippen LogP contribution is -2.25. The van der Waals surface area contributed by atoms with Crippen LogP contribution < -0.4 is 10.9 Å². The molecule has 0 aromatic carbocycles. The molecule has 10 heteroatoms. The van der Waals surface area contributed by atoms with Crippen LogP contribution in [0.3, 0.4) is 0 Å². The van der Waals surface area contributed by atoms with Gasteiger partial charge < -0.3 is 14.6 Å². The first-order valence-electron chi connectivity index (χ1n) is 7.41. The average Bonchev–Trinajstić information content (AvgIpc) is 3.21. The van der Waals surface area contributed by atoms with Crippen LogP contribution in [-0.2, 0) is 16.1 Å². The van der Waals surface area contributed by atoms with Gasteiger partial charge in [-0.1, -0.05) is 16.9 Å². The van der Waals surface area contributed by atoms with Crippen molar-refractivity contribution >= 4 is 45.0 Å². The Morgan fingerprint density at radius 3 is 3.08 bits per heavy atom. The van der Waals surface area contributed by atoms with Crippen molar-refractivity contribution in [2.45, 2.75) is 18.6 Å². The number of aryl methyl sites for hydroxylation is 1. The van der Waals surface area contributed by atoms with Gasteiger partial charge in [-0.05, 0) is 18.4 Å². The highest BCUT2D eigenvalue weighted by atomic mass is 32.2. The van der Waals surface area contributed by atoms with E-state index >= 15 is 0 Å². The molecule has 0 radical (unpaired) electrons. The highest BCUT2D eigenvalue weighted by molar-refractivity contribution is 7.99. The molecule has 0 spiro atoms. The normalized spacial score (nSPS) is 11.1. The fourth-order valence-electron chi connectivity index (χ4n) is 2.15. The van der Waals surface area contributed by atoms with Gasteiger partial charge in [0, 0.05) is 13.2 Å². The van der Waals surface area contributed by atoms with E-state index in [1.165, 1.54) is 23.1 Å². The Bertz CT molecular complexity index is 947. The van der Waals surface area contributed by atoms with Crippen molar-refractivity contribution in [2.24, 2.45) is 0 Å². The van der Waals surface area contributed by atoms with Crippen molar-refractivity contribution in [3.05, 3.63) is 33.6 Å². The van der Waals surface area contributed by atoms with Gasteiger partial charge in [0.2, 0.25) is 5.91 Å². The quantitative estimate of drug-likeness (QED) is 0.495. The molecule has 3 heterocycles. The topological polar surface area (TPSA) is 99.2 Å². The molecule has 132 valence electrons. The van der Waals surface area contributed by atoms with E-state index in [9.17, 15) is 9.59 Å². The first-order chi connectivity index (χ1) is 12.1. The SMILES string of the molecule is COCCn1c(SCC(=O)Nc2cc(C)on2)nc2ccsc2c1=O. The number of amides is 1. The zero-order valence-corrected chi connectivity index (χ0v) is 15.3. The largest absolute Gasteiger partial charge is 0.383 e. The van der Waals surface area contributed by atoms with E-state index in [1.54, 1.807) is 30.7 Å². The summed E-state index contributed by atoms with van der Waals surface area (Å²) in [5.41, 5.74) is 0.519. The third kappa shape index (κ3) is 4.09. The first-order valence-corrected chi connectivity index (χ1v) is 9.28. The molecule has 0 bridgehead atoms. The van der Waals surface area contributed by atoms with Gasteiger partial charge in [-0.2, -0.15) is 0 Å². The first kappa shape index (κ1) is 17.6. The third-order valence-corrected chi connectivity index (χ3v) is 5.15. The van der Waals surface area contributed by atoms with Gasteiger partial charge in [0.05, 0.1) is 24.4 Å². The summed E-state index contributed by atoms with van der Waals surface area (Å²) in [6.45, 7) is 2.50. The summed E-state index contributed by atoms with van der Waals surface area (Å²) in [4.78, 5) is 29.2. The summed E-state index contributed by atoms with van der Waals surface area (Å²) < 4.78 is 12.1. The molecular formula is C15H16N4O4S2. The van der Waals surface area contributed by atoms with Crippen LogP contribution in [0.4, 0.5) is 5.82 Å². The number of carbonyl (C=O) groups is 1. The van der Waals surface area contributed by atoms with Gasteiger partial charge in [-0.25, -0.2) is 4.98 Å². The Kier molecular flexibility index (Phi) is 5.51. The molecule has 0 aliphatic rings. The summed E-state index contributed by atoms with van der Waals surface area (Å²) in [6.07, 6.45) is 0. The third-order valence-electron chi connectivity index (χ3n) is 3.28. The van der Waals surface area contributed by atoms with Crippen LogP contribution in [-0.4, -0.2) is 40.1 Å². The summed E-state index contributed by atoms with van der Waals surface area (Å²) >= 11 is 2.55. The van der Waals surface area contributed by atoms with Gasteiger partial charge in [0.15, 0.2) is 11.0 Å². The van der Waals surface area contributed by atoms with E-state index in [4.69, 9.17) is 9.26 Å². The lowest BCUT2D eigenvalue weighted by molar-refractivity contribution is -0.113. The fourth-order valence-corrected chi connectivity index (χ4v) is 3.75. The molecule has 3 aromatic heterocycles. The van der Waals surface area contributed by atoms with E-state index in [2.05, 4.69) is 15.5 Å². The van der Waals surface area contributed by atoms with Gasteiger partial charge in [-0.3, -0.25) is 14.2 Å². The lowest BCUT2D eigenvalue weighted by Gasteiger charge is -2.11. The number of anilines is 1. The second-order valence-corrected chi connectivity index (χ2v) is 7.00. The second kappa shape index (κ2) is 7.81. The highest BCUT2D eigenvalue weighted by Gasteiger charge is 2.14. The number of rotatable bonds is 7. The lowest BCUT2D eigenvalue weighted by atomic mass is 10.4. The number of hydrogen-bond donors (Lipinski definition) is 1. The minimum atomic E-state index is -0.253. The van der Waals surface area contributed by atoms with Crippen LogP contribution in [0.1, 0.15) is 5.76 Å². The summed E-state index contributed by atoms with van der Waals surface area (Å²) in [5, 5.41) is 8.67. The molecule has 3 rings (SSSR count). The van der Waals surface area contributed by atoms with Gasteiger partial charge in [0.25, 0.3) is 5.56 Å².